The van der Waals surface area contributed by atoms with Crippen molar-refractivity contribution in [2.75, 3.05) is 11.9 Å². The molecule has 1 saturated carbocycles. The fraction of sp³-hybridized carbons (Fsp3) is 0.261. The van der Waals surface area contributed by atoms with Gasteiger partial charge in [0.25, 0.3) is 5.56 Å². The first-order valence-electron chi connectivity index (χ1n) is 10.4. The molecular weight excluding hydrogens is 480 g/mol. The Balaban J connectivity index is 1.68. The van der Waals surface area contributed by atoms with Gasteiger partial charge in [0.2, 0.25) is 5.91 Å². The molecule has 3 aromatic rings. The molecule has 34 heavy (non-hydrogen) atoms. The number of anilines is 1. The van der Waals surface area contributed by atoms with Gasteiger partial charge in [-0.1, -0.05) is 29.8 Å². The van der Waals surface area contributed by atoms with E-state index in [4.69, 9.17) is 16.3 Å². The van der Waals surface area contributed by atoms with Crippen LogP contribution in [0.1, 0.15) is 41.7 Å². The Morgan fingerprint density at radius 1 is 1.26 bits per heavy atom. The number of benzene rings is 1. The first kappa shape index (κ1) is 23.5. The number of ether oxygens (including phenoxy) is 1. The number of carbonyl (C=O) groups excluding carboxylic acids is 2. The average molecular weight is 499 g/mol. The fourth-order valence-electron chi connectivity index (χ4n) is 3.50. The van der Waals surface area contributed by atoms with Crippen molar-refractivity contribution >= 4 is 39.8 Å². The summed E-state index contributed by atoms with van der Waals surface area (Å²) in [5.74, 6) is -1.34. The van der Waals surface area contributed by atoms with Crippen LogP contribution in [0.25, 0.3) is 11.1 Å². The lowest BCUT2D eigenvalue weighted by Crippen LogP contribution is -2.43. The van der Waals surface area contributed by atoms with E-state index in [1.807, 2.05) is 0 Å². The summed E-state index contributed by atoms with van der Waals surface area (Å²) in [6, 6.07) is 8.64. The van der Waals surface area contributed by atoms with Crippen LogP contribution in [0.3, 0.4) is 0 Å². The van der Waals surface area contributed by atoms with Gasteiger partial charge in [-0.3, -0.25) is 14.2 Å². The lowest BCUT2D eigenvalue weighted by atomic mass is 10.0. The second-order valence-corrected chi connectivity index (χ2v) is 8.86. The number of aromatic nitrogens is 2. The standard InChI is InChI=1S/C23H19ClN4O5S/c1-2-33-22(31)19-16(15-5-3-4-6-17(15)24)12-34-20(19)26-18(29)11-28-21(30)13(9-25)10-27(23(28)32)14-7-8-14/h3-6,10,12,14H,2,7-8,11H2,1H3,(H,26,29). The quantitative estimate of drug-likeness (QED) is 0.498. The Hall–Kier alpha value is -3.68. The van der Waals surface area contributed by atoms with Crippen LogP contribution < -0.4 is 16.6 Å². The third kappa shape index (κ3) is 4.53. The van der Waals surface area contributed by atoms with E-state index in [0.29, 0.717) is 16.1 Å². The molecule has 9 nitrogen and oxygen atoms in total. The van der Waals surface area contributed by atoms with Crippen LogP contribution in [0.2, 0.25) is 5.02 Å². The van der Waals surface area contributed by atoms with Gasteiger partial charge in [0.05, 0.1) is 6.61 Å². The maximum atomic E-state index is 12.9. The molecule has 1 aliphatic rings. The van der Waals surface area contributed by atoms with E-state index in [-0.39, 0.29) is 28.8 Å². The zero-order valence-corrected chi connectivity index (χ0v) is 19.6. The van der Waals surface area contributed by atoms with Crippen LogP contribution in [0, 0.1) is 11.3 Å². The summed E-state index contributed by atoms with van der Waals surface area (Å²) in [5, 5.41) is 14.2. The molecule has 174 valence electrons. The number of hydrogen-bond donors (Lipinski definition) is 1. The highest BCUT2D eigenvalue weighted by Gasteiger charge is 2.28. The van der Waals surface area contributed by atoms with E-state index < -0.39 is 29.7 Å². The fourth-order valence-corrected chi connectivity index (χ4v) is 4.70. The Labute approximate surface area is 202 Å². The van der Waals surface area contributed by atoms with Crippen LogP contribution in [0.15, 0.2) is 45.4 Å². The molecule has 1 fully saturated rings. The monoisotopic (exact) mass is 498 g/mol. The predicted octanol–water partition coefficient (Wildman–Crippen LogP) is 3.41. The number of esters is 1. The summed E-state index contributed by atoms with van der Waals surface area (Å²) in [6.45, 7) is 1.18. The second-order valence-electron chi connectivity index (χ2n) is 7.57. The molecule has 1 aliphatic carbocycles. The molecule has 1 N–H and O–H groups in total. The molecule has 0 unspecified atom stereocenters. The van der Waals surface area contributed by atoms with Crippen LogP contribution >= 0.6 is 22.9 Å². The molecule has 0 radical (unpaired) electrons. The molecule has 0 aliphatic heterocycles. The van der Waals surface area contributed by atoms with Crippen molar-refractivity contribution in [3.05, 3.63) is 72.8 Å². The van der Waals surface area contributed by atoms with Gasteiger partial charge in [0.1, 0.15) is 28.7 Å². The summed E-state index contributed by atoms with van der Waals surface area (Å²) >= 11 is 7.40. The molecule has 4 rings (SSSR count). The summed E-state index contributed by atoms with van der Waals surface area (Å²) in [5.41, 5.74) is -0.507. The van der Waals surface area contributed by atoms with Crippen molar-refractivity contribution < 1.29 is 14.3 Å². The van der Waals surface area contributed by atoms with Gasteiger partial charge in [0.15, 0.2) is 0 Å². The number of carbonyl (C=O) groups is 2. The van der Waals surface area contributed by atoms with Gasteiger partial charge < -0.3 is 10.1 Å². The molecular formula is C23H19ClN4O5S. The number of rotatable bonds is 7. The van der Waals surface area contributed by atoms with Crippen molar-refractivity contribution in [3.8, 4) is 17.2 Å². The molecule has 11 heteroatoms. The van der Waals surface area contributed by atoms with Crippen LogP contribution in [-0.2, 0) is 16.1 Å². The Morgan fingerprint density at radius 3 is 2.65 bits per heavy atom. The first-order chi connectivity index (χ1) is 16.3. The Kier molecular flexibility index (Phi) is 6.68. The summed E-state index contributed by atoms with van der Waals surface area (Å²) in [6.07, 6.45) is 2.76. The highest BCUT2D eigenvalue weighted by molar-refractivity contribution is 7.15. The Morgan fingerprint density at radius 2 is 2.00 bits per heavy atom. The van der Waals surface area contributed by atoms with Gasteiger partial charge in [-0.05, 0) is 25.8 Å². The van der Waals surface area contributed by atoms with E-state index in [1.54, 1.807) is 42.6 Å². The zero-order valence-electron chi connectivity index (χ0n) is 18.0. The van der Waals surface area contributed by atoms with E-state index in [1.165, 1.54) is 10.8 Å². The second kappa shape index (κ2) is 9.67. The molecule has 0 spiro atoms. The van der Waals surface area contributed by atoms with E-state index in [2.05, 4.69) is 5.32 Å². The van der Waals surface area contributed by atoms with Gasteiger partial charge in [-0.15, -0.1) is 11.3 Å². The Bertz CT molecular complexity index is 1440. The molecule has 2 aromatic heterocycles. The van der Waals surface area contributed by atoms with Crippen LogP contribution in [-0.4, -0.2) is 27.6 Å². The summed E-state index contributed by atoms with van der Waals surface area (Å²) in [7, 11) is 0. The zero-order chi connectivity index (χ0) is 24.4. The first-order valence-corrected chi connectivity index (χ1v) is 11.7. The van der Waals surface area contributed by atoms with Crippen molar-refractivity contribution in [3.63, 3.8) is 0 Å². The minimum absolute atomic E-state index is 0.0830. The number of nitriles is 1. The minimum atomic E-state index is -0.840. The highest BCUT2D eigenvalue weighted by Crippen LogP contribution is 2.39. The molecule has 1 aromatic carbocycles. The van der Waals surface area contributed by atoms with E-state index in [0.717, 1.165) is 28.7 Å². The minimum Gasteiger partial charge on any atom is -0.462 e. The van der Waals surface area contributed by atoms with Gasteiger partial charge in [0, 0.05) is 33.8 Å². The normalized spacial score (nSPS) is 12.7. The largest absolute Gasteiger partial charge is 0.462 e. The maximum absolute atomic E-state index is 12.9. The predicted molar refractivity (Wildman–Crippen MR) is 127 cm³/mol. The molecule has 0 saturated heterocycles. The number of halogens is 1. The third-order valence-electron chi connectivity index (χ3n) is 5.25. The molecule has 0 bridgehead atoms. The SMILES string of the molecule is CCOC(=O)c1c(-c2ccccc2Cl)csc1NC(=O)Cn1c(=O)c(C#N)cn(C2CC2)c1=O. The van der Waals surface area contributed by atoms with Gasteiger partial charge >= 0.3 is 11.7 Å². The van der Waals surface area contributed by atoms with Crippen LogP contribution in [0.4, 0.5) is 5.00 Å². The third-order valence-corrected chi connectivity index (χ3v) is 6.47. The topological polar surface area (TPSA) is 123 Å². The van der Waals surface area contributed by atoms with Crippen molar-refractivity contribution in [1.82, 2.24) is 9.13 Å². The number of hydrogen-bond acceptors (Lipinski definition) is 7. The highest BCUT2D eigenvalue weighted by atomic mass is 35.5. The number of thiophene rings is 1. The average Bonchev–Trinajstić information content (AvgIpc) is 3.57. The summed E-state index contributed by atoms with van der Waals surface area (Å²) in [4.78, 5) is 50.9. The smallest absolute Gasteiger partial charge is 0.341 e. The number of nitrogens with one attached hydrogen (secondary N) is 1. The summed E-state index contributed by atoms with van der Waals surface area (Å²) < 4.78 is 7.23. The number of amides is 1. The van der Waals surface area contributed by atoms with E-state index in [9.17, 15) is 24.4 Å². The molecule has 1 amide bonds. The van der Waals surface area contributed by atoms with Gasteiger partial charge in [-0.2, -0.15) is 5.26 Å². The van der Waals surface area contributed by atoms with Crippen molar-refractivity contribution in [2.45, 2.75) is 32.4 Å². The van der Waals surface area contributed by atoms with Gasteiger partial charge in [-0.25, -0.2) is 14.2 Å². The van der Waals surface area contributed by atoms with E-state index >= 15 is 0 Å². The van der Waals surface area contributed by atoms with Crippen molar-refractivity contribution in [1.29, 1.82) is 5.26 Å². The molecule has 2 heterocycles. The maximum Gasteiger partial charge on any atom is 0.341 e. The van der Waals surface area contributed by atoms with Crippen molar-refractivity contribution in [2.24, 2.45) is 0 Å². The number of nitrogens with zero attached hydrogens (tertiary/aromatic N) is 3. The molecule has 0 atom stereocenters. The lowest BCUT2D eigenvalue weighted by Gasteiger charge is -2.11. The lowest BCUT2D eigenvalue weighted by molar-refractivity contribution is -0.116. The van der Waals surface area contributed by atoms with Crippen LogP contribution in [0.5, 0.6) is 0 Å².